The first-order chi connectivity index (χ1) is 17.0. The topological polar surface area (TPSA) is 90.5 Å². The SMILES string of the molecule is COCCN(Cc1ccccc1)C(=O)Cc1cn(-c2ccccc2)nc1-c1ccc([N+](=O)[O-])cc1. The predicted octanol–water partition coefficient (Wildman–Crippen LogP) is 4.67. The second-order valence-corrected chi connectivity index (χ2v) is 8.06. The third kappa shape index (κ3) is 5.99. The van der Waals surface area contributed by atoms with Crippen LogP contribution in [0.1, 0.15) is 11.1 Å². The summed E-state index contributed by atoms with van der Waals surface area (Å²) < 4.78 is 6.96. The van der Waals surface area contributed by atoms with Crippen molar-refractivity contribution in [2.45, 2.75) is 13.0 Å². The largest absolute Gasteiger partial charge is 0.383 e. The number of amides is 1. The quantitative estimate of drug-likeness (QED) is 0.248. The number of hydrogen-bond donors (Lipinski definition) is 0. The molecule has 0 saturated carbocycles. The summed E-state index contributed by atoms with van der Waals surface area (Å²) in [5.74, 6) is -0.0540. The van der Waals surface area contributed by atoms with Gasteiger partial charge in [0.1, 0.15) is 0 Å². The van der Waals surface area contributed by atoms with Crippen LogP contribution in [0.2, 0.25) is 0 Å². The van der Waals surface area contributed by atoms with Crippen molar-refractivity contribution in [2.75, 3.05) is 20.3 Å². The first-order valence-corrected chi connectivity index (χ1v) is 11.2. The number of non-ortho nitro benzene ring substituents is 1. The van der Waals surface area contributed by atoms with Gasteiger partial charge < -0.3 is 9.64 Å². The second kappa shape index (κ2) is 11.2. The van der Waals surface area contributed by atoms with Crippen molar-refractivity contribution >= 4 is 11.6 Å². The maximum absolute atomic E-state index is 13.4. The second-order valence-electron chi connectivity index (χ2n) is 8.06. The molecule has 8 nitrogen and oxygen atoms in total. The van der Waals surface area contributed by atoms with Crippen LogP contribution in [0.15, 0.2) is 91.1 Å². The van der Waals surface area contributed by atoms with Crippen LogP contribution in [0.4, 0.5) is 5.69 Å². The molecule has 0 aliphatic rings. The lowest BCUT2D eigenvalue weighted by Gasteiger charge is -2.22. The van der Waals surface area contributed by atoms with E-state index in [-0.39, 0.29) is 18.0 Å². The highest BCUT2D eigenvalue weighted by molar-refractivity contribution is 5.81. The summed E-state index contributed by atoms with van der Waals surface area (Å²) in [5, 5.41) is 15.8. The molecular formula is C27H26N4O4. The van der Waals surface area contributed by atoms with Gasteiger partial charge >= 0.3 is 0 Å². The lowest BCUT2D eigenvalue weighted by atomic mass is 10.0. The first-order valence-electron chi connectivity index (χ1n) is 11.2. The number of methoxy groups -OCH3 is 1. The third-order valence-electron chi connectivity index (χ3n) is 5.64. The first kappa shape index (κ1) is 23.8. The monoisotopic (exact) mass is 470 g/mol. The lowest BCUT2D eigenvalue weighted by Crippen LogP contribution is -2.34. The van der Waals surface area contributed by atoms with E-state index in [1.165, 1.54) is 12.1 Å². The summed E-state index contributed by atoms with van der Waals surface area (Å²) in [5.41, 5.74) is 3.95. The van der Waals surface area contributed by atoms with Crippen molar-refractivity contribution in [2.24, 2.45) is 0 Å². The Morgan fingerprint density at radius 3 is 2.29 bits per heavy atom. The Bertz CT molecular complexity index is 1270. The Labute approximate surface area is 203 Å². The molecule has 0 aliphatic heterocycles. The van der Waals surface area contributed by atoms with Gasteiger partial charge in [0.2, 0.25) is 5.91 Å². The molecule has 8 heteroatoms. The minimum Gasteiger partial charge on any atom is -0.383 e. The number of para-hydroxylation sites is 1. The standard InChI is InChI=1S/C27H26N4O4/c1-35-17-16-29(19-21-8-4-2-5-9-21)26(32)18-23-20-30(24-10-6-3-7-11-24)28-27(23)22-12-14-25(15-13-22)31(33)34/h2-15,20H,16-19H2,1H3. The molecule has 0 spiro atoms. The van der Waals surface area contributed by atoms with Crippen LogP contribution >= 0.6 is 0 Å². The summed E-state index contributed by atoms with van der Waals surface area (Å²) in [7, 11) is 1.61. The van der Waals surface area contributed by atoms with E-state index < -0.39 is 4.92 Å². The predicted molar refractivity (Wildman–Crippen MR) is 133 cm³/mol. The van der Waals surface area contributed by atoms with Crippen LogP contribution in [-0.2, 0) is 22.5 Å². The zero-order valence-corrected chi connectivity index (χ0v) is 19.4. The van der Waals surface area contributed by atoms with Gasteiger partial charge in [0.25, 0.3) is 5.69 Å². The van der Waals surface area contributed by atoms with Gasteiger partial charge in [0, 0.05) is 49.7 Å². The molecule has 178 valence electrons. The van der Waals surface area contributed by atoms with Crippen LogP contribution in [0.3, 0.4) is 0 Å². The fourth-order valence-electron chi connectivity index (χ4n) is 3.81. The van der Waals surface area contributed by atoms with Crippen molar-refractivity contribution < 1.29 is 14.5 Å². The number of ether oxygens (including phenoxy) is 1. The van der Waals surface area contributed by atoms with E-state index in [2.05, 4.69) is 0 Å². The maximum Gasteiger partial charge on any atom is 0.269 e. The van der Waals surface area contributed by atoms with E-state index in [9.17, 15) is 14.9 Å². The lowest BCUT2D eigenvalue weighted by molar-refractivity contribution is -0.384. The number of hydrogen-bond acceptors (Lipinski definition) is 5. The fraction of sp³-hybridized carbons (Fsp3) is 0.185. The molecular weight excluding hydrogens is 444 g/mol. The Balaban J connectivity index is 1.66. The Hall–Kier alpha value is -4.30. The van der Waals surface area contributed by atoms with E-state index in [0.717, 1.165) is 16.8 Å². The fourth-order valence-corrected chi connectivity index (χ4v) is 3.81. The molecule has 1 heterocycles. The van der Waals surface area contributed by atoms with E-state index >= 15 is 0 Å². The van der Waals surface area contributed by atoms with Crippen molar-refractivity contribution in [3.05, 3.63) is 112 Å². The summed E-state index contributed by atoms with van der Waals surface area (Å²) >= 11 is 0. The summed E-state index contributed by atoms with van der Waals surface area (Å²) in [6.07, 6.45) is 1.98. The van der Waals surface area contributed by atoms with Crippen molar-refractivity contribution in [3.8, 4) is 16.9 Å². The zero-order valence-electron chi connectivity index (χ0n) is 19.4. The molecule has 4 aromatic rings. The Kier molecular flexibility index (Phi) is 7.64. The molecule has 0 radical (unpaired) electrons. The number of nitrogens with zero attached hydrogens (tertiary/aromatic N) is 4. The number of carbonyl (C=O) groups is 1. The highest BCUT2D eigenvalue weighted by Crippen LogP contribution is 2.27. The Morgan fingerprint density at radius 1 is 1.00 bits per heavy atom. The van der Waals surface area contributed by atoms with Crippen LogP contribution in [0, 0.1) is 10.1 Å². The van der Waals surface area contributed by atoms with Crippen LogP contribution < -0.4 is 0 Å². The molecule has 35 heavy (non-hydrogen) atoms. The molecule has 0 saturated heterocycles. The molecule has 0 aliphatic carbocycles. The zero-order chi connectivity index (χ0) is 24.6. The highest BCUT2D eigenvalue weighted by atomic mass is 16.6. The van der Waals surface area contributed by atoms with E-state index in [4.69, 9.17) is 9.84 Å². The normalized spacial score (nSPS) is 10.8. The molecule has 0 fully saturated rings. The van der Waals surface area contributed by atoms with Gasteiger partial charge in [-0.05, 0) is 29.8 Å². The van der Waals surface area contributed by atoms with Gasteiger partial charge in [0.15, 0.2) is 0 Å². The van der Waals surface area contributed by atoms with Gasteiger partial charge in [0.05, 0.1) is 29.3 Å². The number of rotatable bonds is 10. The molecule has 3 aromatic carbocycles. The molecule has 4 rings (SSSR count). The van der Waals surface area contributed by atoms with Crippen LogP contribution in [-0.4, -0.2) is 45.8 Å². The van der Waals surface area contributed by atoms with Gasteiger partial charge in [-0.1, -0.05) is 48.5 Å². The maximum atomic E-state index is 13.4. The minimum atomic E-state index is -0.436. The van der Waals surface area contributed by atoms with Gasteiger partial charge in [-0.25, -0.2) is 4.68 Å². The number of aromatic nitrogens is 2. The number of nitro benzene ring substituents is 1. The van der Waals surface area contributed by atoms with Crippen LogP contribution in [0.5, 0.6) is 0 Å². The van der Waals surface area contributed by atoms with E-state index in [1.807, 2.05) is 66.9 Å². The number of nitro groups is 1. The average molecular weight is 471 g/mol. The summed E-state index contributed by atoms with van der Waals surface area (Å²) in [6, 6.07) is 25.7. The molecule has 1 aromatic heterocycles. The van der Waals surface area contributed by atoms with Crippen LogP contribution in [0.25, 0.3) is 16.9 Å². The van der Waals surface area contributed by atoms with Crippen molar-refractivity contribution in [1.29, 1.82) is 0 Å². The molecule has 1 amide bonds. The molecule has 0 unspecified atom stereocenters. The van der Waals surface area contributed by atoms with Crippen molar-refractivity contribution in [3.63, 3.8) is 0 Å². The number of carbonyl (C=O) groups excluding carboxylic acids is 1. The third-order valence-corrected chi connectivity index (χ3v) is 5.64. The Morgan fingerprint density at radius 2 is 1.66 bits per heavy atom. The average Bonchev–Trinajstić information content (AvgIpc) is 3.31. The van der Waals surface area contributed by atoms with E-state index in [0.29, 0.717) is 31.0 Å². The van der Waals surface area contributed by atoms with Gasteiger partial charge in [-0.2, -0.15) is 5.10 Å². The summed E-state index contributed by atoms with van der Waals surface area (Å²) in [4.78, 5) is 25.9. The molecule has 0 bridgehead atoms. The van der Waals surface area contributed by atoms with Gasteiger partial charge in [-0.3, -0.25) is 14.9 Å². The summed E-state index contributed by atoms with van der Waals surface area (Å²) in [6.45, 7) is 1.36. The molecule has 0 N–H and O–H groups in total. The number of benzene rings is 3. The smallest absolute Gasteiger partial charge is 0.269 e. The molecule has 0 atom stereocenters. The van der Waals surface area contributed by atoms with Crippen molar-refractivity contribution in [1.82, 2.24) is 14.7 Å². The minimum absolute atomic E-state index is 0.00229. The van der Waals surface area contributed by atoms with Gasteiger partial charge in [-0.15, -0.1) is 0 Å². The van der Waals surface area contributed by atoms with E-state index in [1.54, 1.807) is 28.8 Å². The highest BCUT2D eigenvalue weighted by Gasteiger charge is 2.20.